The van der Waals surface area contributed by atoms with Crippen molar-refractivity contribution in [3.63, 3.8) is 0 Å². The van der Waals surface area contributed by atoms with Gasteiger partial charge in [0.05, 0.1) is 12.2 Å². The molecule has 0 saturated heterocycles. The lowest BCUT2D eigenvalue weighted by atomic mass is 10.0. The van der Waals surface area contributed by atoms with E-state index < -0.39 is 0 Å². The Balaban J connectivity index is 2.44. The molecule has 3 nitrogen and oxygen atoms in total. The molecule has 5 heteroatoms. The van der Waals surface area contributed by atoms with Crippen molar-refractivity contribution in [1.82, 2.24) is 9.78 Å². The highest BCUT2D eigenvalue weighted by molar-refractivity contribution is 6.31. The van der Waals surface area contributed by atoms with Gasteiger partial charge in [-0.2, -0.15) is 5.10 Å². The maximum Gasteiger partial charge on any atom is 0.124 e. The van der Waals surface area contributed by atoms with Crippen molar-refractivity contribution in [3.05, 3.63) is 51.6 Å². The van der Waals surface area contributed by atoms with E-state index in [1.807, 2.05) is 11.6 Å². The van der Waals surface area contributed by atoms with Crippen molar-refractivity contribution in [3.8, 4) is 0 Å². The number of nitrogens with two attached hydrogens (primary N) is 1. The molecule has 0 aliphatic rings. The standard InChI is InChI=1S/C16H21ClFN3/c1-4-14-16(10(3)19)15(5-2)21(20-14)9-11-6-7-12(18)8-13(11)17/h6-8,10H,4-5,9,19H2,1-3H3. The first-order valence-electron chi connectivity index (χ1n) is 7.25. The van der Waals surface area contributed by atoms with Gasteiger partial charge < -0.3 is 5.73 Å². The molecule has 0 amide bonds. The van der Waals surface area contributed by atoms with Crippen molar-refractivity contribution in [2.75, 3.05) is 0 Å². The van der Waals surface area contributed by atoms with E-state index in [-0.39, 0.29) is 11.9 Å². The van der Waals surface area contributed by atoms with E-state index in [2.05, 4.69) is 18.9 Å². The molecule has 0 aliphatic carbocycles. The Bertz CT molecular complexity index is 635. The zero-order valence-corrected chi connectivity index (χ0v) is 13.4. The van der Waals surface area contributed by atoms with E-state index in [1.165, 1.54) is 12.1 Å². The number of halogens is 2. The Kier molecular flexibility index (Phi) is 5.01. The van der Waals surface area contributed by atoms with Crippen LogP contribution in [-0.4, -0.2) is 9.78 Å². The van der Waals surface area contributed by atoms with Crippen LogP contribution in [0.3, 0.4) is 0 Å². The van der Waals surface area contributed by atoms with Crippen LogP contribution < -0.4 is 5.73 Å². The van der Waals surface area contributed by atoms with Crippen molar-refractivity contribution in [2.45, 2.75) is 46.2 Å². The molecule has 1 aromatic carbocycles. The smallest absolute Gasteiger partial charge is 0.124 e. The Labute approximate surface area is 129 Å². The summed E-state index contributed by atoms with van der Waals surface area (Å²) >= 11 is 6.11. The Morgan fingerprint density at radius 3 is 2.57 bits per heavy atom. The maximum absolute atomic E-state index is 13.1. The van der Waals surface area contributed by atoms with Crippen LogP contribution in [0.2, 0.25) is 5.02 Å². The first-order chi connectivity index (χ1) is 9.97. The van der Waals surface area contributed by atoms with Crippen LogP contribution in [0.1, 0.15) is 49.3 Å². The summed E-state index contributed by atoms with van der Waals surface area (Å²) in [6.45, 7) is 6.67. The van der Waals surface area contributed by atoms with Gasteiger partial charge in [0, 0.05) is 22.3 Å². The van der Waals surface area contributed by atoms with E-state index in [1.54, 1.807) is 6.07 Å². The van der Waals surface area contributed by atoms with Gasteiger partial charge in [-0.25, -0.2) is 4.39 Å². The fourth-order valence-electron chi connectivity index (χ4n) is 2.67. The normalized spacial score (nSPS) is 12.7. The molecule has 1 heterocycles. The van der Waals surface area contributed by atoms with Gasteiger partial charge in [-0.1, -0.05) is 31.5 Å². The number of rotatable bonds is 5. The quantitative estimate of drug-likeness (QED) is 0.911. The molecule has 0 spiro atoms. The number of nitrogens with zero attached hydrogens (tertiary/aromatic N) is 2. The fraction of sp³-hybridized carbons (Fsp3) is 0.438. The molecular weight excluding hydrogens is 289 g/mol. The summed E-state index contributed by atoms with van der Waals surface area (Å²) in [7, 11) is 0. The highest BCUT2D eigenvalue weighted by Gasteiger charge is 2.19. The van der Waals surface area contributed by atoms with Gasteiger partial charge in [-0.15, -0.1) is 0 Å². The third-order valence-electron chi connectivity index (χ3n) is 3.64. The molecule has 1 unspecified atom stereocenters. The lowest BCUT2D eigenvalue weighted by Crippen LogP contribution is -2.11. The summed E-state index contributed by atoms with van der Waals surface area (Å²) in [6.07, 6.45) is 1.69. The SMILES string of the molecule is CCc1nn(Cc2ccc(F)cc2Cl)c(CC)c1C(C)N. The van der Waals surface area contributed by atoms with Crippen molar-refractivity contribution in [1.29, 1.82) is 0 Å². The summed E-state index contributed by atoms with van der Waals surface area (Å²) in [5.41, 5.74) is 10.2. The van der Waals surface area contributed by atoms with Crippen LogP contribution in [0.5, 0.6) is 0 Å². The first-order valence-corrected chi connectivity index (χ1v) is 7.63. The third kappa shape index (κ3) is 3.27. The van der Waals surface area contributed by atoms with Crippen molar-refractivity contribution < 1.29 is 4.39 Å². The lowest BCUT2D eigenvalue weighted by molar-refractivity contribution is 0.619. The van der Waals surface area contributed by atoms with Crippen LogP contribution in [0.4, 0.5) is 4.39 Å². The van der Waals surface area contributed by atoms with E-state index in [9.17, 15) is 4.39 Å². The molecule has 2 aromatic rings. The largest absolute Gasteiger partial charge is 0.324 e. The molecular formula is C16H21ClFN3. The maximum atomic E-state index is 13.1. The molecule has 1 aromatic heterocycles. The molecule has 0 saturated carbocycles. The van der Waals surface area contributed by atoms with Gasteiger partial charge in [-0.05, 0) is 37.5 Å². The van der Waals surface area contributed by atoms with E-state index in [0.717, 1.165) is 35.4 Å². The average molecular weight is 310 g/mol. The van der Waals surface area contributed by atoms with Gasteiger partial charge in [0.15, 0.2) is 0 Å². The highest BCUT2D eigenvalue weighted by atomic mass is 35.5. The first kappa shape index (κ1) is 16.0. The zero-order chi connectivity index (χ0) is 15.6. The lowest BCUT2D eigenvalue weighted by Gasteiger charge is -2.11. The molecule has 21 heavy (non-hydrogen) atoms. The summed E-state index contributed by atoms with van der Waals surface area (Å²) in [6, 6.07) is 4.41. The van der Waals surface area contributed by atoms with Gasteiger partial charge in [0.2, 0.25) is 0 Å². The molecule has 1 atom stereocenters. The molecule has 0 aliphatic heterocycles. The highest BCUT2D eigenvalue weighted by Crippen LogP contribution is 2.25. The van der Waals surface area contributed by atoms with E-state index >= 15 is 0 Å². The number of hydrogen-bond donors (Lipinski definition) is 1. The molecule has 114 valence electrons. The molecule has 2 rings (SSSR count). The molecule has 0 fully saturated rings. The summed E-state index contributed by atoms with van der Waals surface area (Å²) < 4.78 is 15.1. The van der Waals surface area contributed by atoms with E-state index in [0.29, 0.717) is 11.6 Å². The predicted octanol–water partition coefficient (Wildman–Crippen LogP) is 3.87. The molecule has 0 bridgehead atoms. The minimum absolute atomic E-state index is 0.0488. The monoisotopic (exact) mass is 309 g/mol. The molecule has 0 radical (unpaired) electrons. The van der Waals surface area contributed by atoms with Crippen molar-refractivity contribution in [2.24, 2.45) is 5.73 Å². The van der Waals surface area contributed by atoms with Crippen LogP contribution in [-0.2, 0) is 19.4 Å². The molecule has 2 N–H and O–H groups in total. The fourth-order valence-corrected chi connectivity index (χ4v) is 2.89. The second-order valence-electron chi connectivity index (χ2n) is 5.20. The summed E-state index contributed by atoms with van der Waals surface area (Å²) in [5, 5.41) is 5.09. The van der Waals surface area contributed by atoms with Gasteiger partial charge >= 0.3 is 0 Å². The van der Waals surface area contributed by atoms with Gasteiger partial charge in [0.25, 0.3) is 0 Å². The minimum Gasteiger partial charge on any atom is -0.324 e. The number of aryl methyl sites for hydroxylation is 1. The zero-order valence-electron chi connectivity index (χ0n) is 12.7. The van der Waals surface area contributed by atoms with E-state index in [4.69, 9.17) is 17.3 Å². The minimum atomic E-state index is -0.328. The predicted molar refractivity (Wildman–Crippen MR) is 84.1 cm³/mol. The van der Waals surface area contributed by atoms with Crippen LogP contribution in [0, 0.1) is 5.82 Å². The van der Waals surface area contributed by atoms with Gasteiger partial charge in [0.1, 0.15) is 5.82 Å². The average Bonchev–Trinajstić information content (AvgIpc) is 2.79. The number of hydrogen-bond acceptors (Lipinski definition) is 2. The number of benzene rings is 1. The Hall–Kier alpha value is -1.39. The second kappa shape index (κ2) is 6.58. The topological polar surface area (TPSA) is 43.8 Å². The summed E-state index contributed by atoms with van der Waals surface area (Å²) in [4.78, 5) is 0. The third-order valence-corrected chi connectivity index (χ3v) is 3.99. The Morgan fingerprint density at radius 1 is 1.33 bits per heavy atom. The van der Waals surface area contributed by atoms with Crippen LogP contribution >= 0.6 is 11.6 Å². The van der Waals surface area contributed by atoms with Crippen molar-refractivity contribution >= 4 is 11.6 Å². The Morgan fingerprint density at radius 2 is 2.05 bits per heavy atom. The summed E-state index contributed by atoms with van der Waals surface area (Å²) in [5.74, 6) is -0.328. The van der Waals surface area contributed by atoms with Gasteiger partial charge in [-0.3, -0.25) is 4.68 Å². The number of aromatic nitrogens is 2. The van der Waals surface area contributed by atoms with Crippen LogP contribution in [0.15, 0.2) is 18.2 Å². The van der Waals surface area contributed by atoms with Crippen LogP contribution in [0.25, 0.3) is 0 Å². The second-order valence-corrected chi connectivity index (χ2v) is 5.60.